The lowest BCUT2D eigenvalue weighted by molar-refractivity contribution is -0.125. The van der Waals surface area contributed by atoms with Gasteiger partial charge < -0.3 is 10.5 Å². The molecule has 0 saturated carbocycles. The predicted molar refractivity (Wildman–Crippen MR) is 65.0 cm³/mol. The van der Waals surface area contributed by atoms with Crippen LogP contribution in [0.5, 0.6) is 0 Å². The van der Waals surface area contributed by atoms with Gasteiger partial charge in [-0.2, -0.15) is 0 Å². The fraction of sp³-hybridized carbons (Fsp3) is 0.625. The number of rotatable bonds is 5. The summed E-state index contributed by atoms with van der Waals surface area (Å²) in [6.07, 6.45) is 0.164. The van der Waals surface area contributed by atoms with Gasteiger partial charge in [0.05, 0.1) is 0 Å². The number of nitrogens with one attached hydrogen (secondary N) is 1. The van der Waals surface area contributed by atoms with Crippen molar-refractivity contribution in [2.24, 2.45) is 5.73 Å². The largest absolute Gasteiger partial charge is 0.370 e. The first-order valence-electron chi connectivity index (χ1n) is 4.57. The lowest BCUT2D eigenvalue weighted by atomic mass is 10.3. The Morgan fingerprint density at radius 1 is 1.62 bits per heavy atom. The van der Waals surface area contributed by atoms with E-state index in [2.05, 4.69) is 15.5 Å². The summed E-state index contributed by atoms with van der Waals surface area (Å²) in [7, 11) is 1.44. The number of aryl methyl sites for hydroxylation is 1. The van der Waals surface area contributed by atoms with Crippen LogP contribution >= 0.6 is 23.7 Å². The molecule has 0 aliphatic heterocycles. The second kappa shape index (κ2) is 7.50. The minimum Gasteiger partial charge on any atom is -0.370 e. The molecule has 1 rings (SSSR count). The molecule has 0 saturated heterocycles. The van der Waals surface area contributed by atoms with Crippen LogP contribution in [-0.2, 0) is 16.0 Å². The van der Waals surface area contributed by atoms with Crippen LogP contribution in [0, 0.1) is 0 Å². The van der Waals surface area contributed by atoms with Gasteiger partial charge in [-0.1, -0.05) is 18.3 Å². The van der Waals surface area contributed by atoms with Gasteiger partial charge in [-0.3, -0.25) is 10.1 Å². The van der Waals surface area contributed by atoms with Gasteiger partial charge >= 0.3 is 0 Å². The van der Waals surface area contributed by atoms with Crippen LogP contribution in [0.4, 0.5) is 5.13 Å². The zero-order chi connectivity index (χ0) is 11.3. The number of halogens is 1. The molecule has 1 aromatic rings. The number of hydrogen-bond donors (Lipinski definition) is 2. The van der Waals surface area contributed by atoms with E-state index in [0.29, 0.717) is 5.13 Å². The molecule has 1 aromatic heterocycles. The number of ether oxygens (including phenoxy) is 1. The maximum Gasteiger partial charge on any atom is 0.256 e. The molecule has 1 heterocycles. The van der Waals surface area contributed by atoms with Gasteiger partial charge in [0, 0.05) is 13.7 Å². The van der Waals surface area contributed by atoms with Gasteiger partial charge in [0.25, 0.3) is 5.91 Å². The molecule has 0 bridgehead atoms. The Hall–Kier alpha value is -0.760. The number of anilines is 1. The Labute approximate surface area is 104 Å². The Balaban J connectivity index is 0.00000225. The number of carbonyl (C=O) groups excluding carboxylic acids is 1. The van der Waals surface area contributed by atoms with E-state index in [9.17, 15) is 4.79 Å². The maximum absolute atomic E-state index is 11.5. The molecular weight excluding hydrogens is 252 g/mol. The van der Waals surface area contributed by atoms with Crippen LogP contribution in [-0.4, -0.2) is 35.9 Å². The number of nitrogens with two attached hydrogens (primary N) is 1. The van der Waals surface area contributed by atoms with Crippen molar-refractivity contribution < 1.29 is 9.53 Å². The summed E-state index contributed by atoms with van der Waals surface area (Å²) < 4.78 is 4.89. The lowest BCUT2D eigenvalue weighted by Crippen LogP contribution is -2.35. The van der Waals surface area contributed by atoms with Crippen molar-refractivity contribution in [1.82, 2.24) is 10.2 Å². The van der Waals surface area contributed by atoms with Gasteiger partial charge in [-0.05, 0) is 6.42 Å². The SMILES string of the molecule is CCc1nnc(NC(=O)C(CN)OC)s1.Cl. The summed E-state index contributed by atoms with van der Waals surface area (Å²) in [5.41, 5.74) is 5.35. The molecule has 0 aliphatic carbocycles. The van der Waals surface area contributed by atoms with E-state index in [1.807, 2.05) is 6.92 Å². The van der Waals surface area contributed by atoms with Gasteiger partial charge in [-0.25, -0.2) is 0 Å². The predicted octanol–water partition coefficient (Wildman–Crippen LogP) is 0.435. The summed E-state index contributed by atoms with van der Waals surface area (Å²) in [5.74, 6) is -0.293. The monoisotopic (exact) mass is 266 g/mol. The Morgan fingerprint density at radius 3 is 2.75 bits per heavy atom. The molecule has 1 atom stereocenters. The molecule has 0 radical (unpaired) electrons. The van der Waals surface area contributed by atoms with E-state index in [1.54, 1.807) is 0 Å². The normalized spacial score (nSPS) is 11.7. The van der Waals surface area contributed by atoms with Crippen molar-refractivity contribution in [1.29, 1.82) is 0 Å². The van der Waals surface area contributed by atoms with Crippen molar-refractivity contribution >= 4 is 34.8 Å². The number of aromatic nitrogens is 2. The second-order valence-corrected chi connectivity index (χ2v) is 3.87. The van der Waals surface area contributed by atoms with E-state index in [-0.39, 0.29) is 24.9 Å². The topological polar surface area (TPSA) is 90.1 Å². The molecule has 0 fully saturated rings. The molecule has 92 valence electrons. The Bertz CT molecular complexity index is 330. The number of carbonyl (C=O) groups is 1. The molecule has 16 heavy (non-hydrogen) atoms. The standard InChI is InChI=1S/C8H14N4O2S.ClH/c1-3-6-11-12-8(15-6)10-7(13)5(4-9)14-2;/h5H,3-4,9H2,1-2H3,(H,10,12,13);1H. The quantitative estimate of drug-likeness (QED) is 0.807. The van der Waals surface area contributed by atoms with E-state index in [4.69, 9.17) is 10.5 Å². The van der Waals surface area contributed by atoms with Crippen LogP contribution in [0.2, 0.25) is 0 Å². The summed E-state index contributed by atoms with van der Waals surface area (Å²) in [6.45, 7) is 2.12. The Kier molecular flexibility index (Phi) is 7.15. The number of methoxy groups -OCH3 is 1. The third-order valence-corrected chi connectivity index (χ3v) is 2.77. The van der Waals surface area contributed by atoms with Gasteiger partial charge in [-0.15, -0.1) is 22.6 Å². The van der Waals surface area contributed by atoms with Crippen LogP contribution in [0.25, 0.3) is 0 Å². The minimum atomic E-state index is -0.640. The molecule has 0 spiro atoms. The molecule has 1 amide bonds. The average Bonchev–Trinajstić information content (AvgIpc) is 2.67. The van der Waals surface area contributed by atoms with E-state index in [1.165, 1.54) is 18.4 Å². The number of nitrogens with zero attached hydrogens (tertiary/aromatic N) is 2. The third kappa shape index (κ3) is 4.01. The minimum absolute atomic E-state index is 0. The zero-order valence-electron chi connectivity index (χ0n) is 9.10. The van der Waals surface area contributed by atoms with E-state index in [0.717, 1.165) is 11.4 Å². The highest BCUT2D eigenvalue weighted by Gasteiger charge is 2.17. The third-order valence-electron chi connectivity index (χ3n) is 1.79. The maximum atomic E-state index is 11.5. The van der Waals surface area contributed by atoms with E-state index >= 15 is 0 Å². The van der Waals surface area contributed by atoms with Crippen LogP contribution < -0.4 is 11.1 Å². The first-order chi connectivity index (χ1) is 7.21. The van der Waals surface area contributed by atoms with Crippen molar-refractivity contribution in [3.63, 3.8) is 0 Å². The van der Waals surface area contributed by atoms with Gasteiger partial charge in [0.2, 0.25) is 5.13 Å². The highest BCUT2D eigenvalue weighted by molar-refractivity contribution is 7.15. The summed E-state index contributed by atoms with van der Waals surface area (Å²) >= 11 is 1.35. The van der Waals surface area contributed by atoms with Crippen molar-refractivity contribution in [2.75, 3.05) is 19.0 Å². The van der Waals surface area contributed by atoms with Crippen LogP contribution in [0.1, 0.15) is 11.9 Å². The van der Waals surface area contributed by atoms with Crippen LogP contribution in [0.15, 0.2) is 0 Å². The molecule has 0 aromatic carbocycles. The fourth-order valence-corrected chi connectivity index (χ4v) is 1.63. The zero-order valence-corrected chi connectivity index (χ0v) is 10.7. The highest BCUT2D eigenvalue weighted by atomic mass is 35.5. The molecule has 0 aliphatic rings. The molecule has 1 unspecified atom stereocenters. The number of hydrogen-bond acceptors (Lipinski definition) is 6. The number of amides is 1. The first-order valence-corrected chi connectivity index (χ1v) is 5.39. The summed E-state index contributed by atoms with van der Waals surface area (Å²) in [6, 6.07) is 0. The lowest BCUT2D eigenvalue weighted by Gasteiger charge is -2.10. The first kappa shape index (κ1) is 15.2. The molecular formula is C8H15ClN4O2S. The fourth-order valence-electron chi connectivity index (χ4n) is 0.943. The highest BCUT2D eigenvalue weighted by Crippen LogP contribution is 2.15. The smallest absolute Gasteiger partial charge is 0.256 e. The molecule has 3 N–H and O–H groups in total. The van der Waals surface area contributed by atoms with E-state index < -0.39 is 6.10 Å². The summed E-state index contributed by atoms with van der Waals surface area (Å²) in [4.78, 5) is 11.5. The summed E-state index contributed by atoms with van der Waals surface area (Å²) in [5, 5.41) is 11.7. The van der Waals surface area contributed by atoms with Crippen molar-refractivity contribution in [2.45, 2.75) is 19.4 Å². The van der Waals surface area contributed by atoms with Gasteiger partial charge in [0.15, 0.2) is 0 Å². The Morgan fingerprint density at radius 2 is 2.31 bits per heavy atom. The average molecular weight is 267 g/mol. The van der Waals surface area contributed by atoms with Crippen molar-refractivity contribution in [3.05, 3.63) is 5.01 Å². The molecule has 6 nitrogen and oxygen atoms in total. The van der Waals surface area contributed by atoms with Gasteiger partial charge in [0.1, 0.15) is 11.1 Å². The second-order valence-electron chi connectivity index (χ2n) is 2.80. The molecule has 8 heteroatoms. The van der Waals surface area contributed by atoms with Crippen molar-refractivity contribution in [3.8, 4) is 0 Å². The van der Waals surface area contributed by atoms with Crippen LogP contribution in [0.3, 0.4) is 0 Å².